The number of ketones is 1. The Bertz CT molecular complexity index is 1250. The van der Waals surface area contributed by atoms with Crippen molar-refractivity contribution >= 4 is 28.6 Å². The van der Waals surface area contributed by atoms with Gasteiger partial charge in [-0.25, -0.2) is 9.78 Å². The Morgan fingerprint density at radius 1 is 1.11 bits per heavy atom. The summed E-state index contributed by atoms with van der Waals surface area (Å²) in [5, 5.41) is 11.5. The average molecular weight is 476 g/mol. The SMILES string of the molecule is COC(=O)N1c2ccc3c(nc([C@H](O)c4ccccc4)n3[C@H]3CCC[C@H](C(C)=O)C3)c2CC[C@@H]1C. The summed E-state index contributed by atoms with van der Waals surface area (Å²) in [6.45, 7) is 3.70. The highest BCUT2D eigenvalue weighted by Gasteiger charge is 2.34. The van der Waals surface area contributed by atoms with Crippen molar-refractivity contribution in [2.24, 2.45) is 5.92 Å². The number of aromatic nitrogens is 2. The largest absolute Gasteiger partial charge is 0.452 e. The number of benzene rings is 2. The number of rotatable bonds is 4. The van der Waals surface area contributed by atoms with Crippen molar-refractivity contribution in [2.75, 3.05) is 12.0 Å². The van der Waals surface area contributed by atoms with Gasteiger partial charge in [-0.05, 0) is 63.6 Å². The number of Topliss-reactive ketones (excluding diaryl/α,β-unsaturated/α-hetero) is 1. The van der Waals surface area contributed by atoms with Gasteiger partial charge < -0.3 is 14.4 Å². The molecule has 2 heterocycles. The molecule has 5 rings (SSSR count). The fraction of sp³-hybridized carbons (Fsp3) is 0.464. The van der Waals surface area contributed by atoms with Gasteiger partial charge >= 0.3 is 6.09 Å². The number of carbonyl (C=O) groups is 2. The van der Waals surface area contributed by atoms with Crippen LogP contribution in [0.3, 0.4) is 0 Å². The summed E-state index contributed by atoms with van der Waals surface area (Å²) in [6.07, 6.45) is 3.89. The Balaban J connectivity index is 1.69. The van der Waals surface area contributed by atoms with Crippen molar-refractivity contribution < 1.29 is 19.4 Å². The van der Waals surface area contributed by atoms with Crippen LogP contribution in [0.2, 0.25) is 0 Å². The van der Waals surface area contributed by atoms with Gasteiger partial charge in [0, 0.05) is 23.6 Å². The number of amides is 1. The molecule has 4 atom stereocenters. The molecule has 0 bridgehead atoms. The zero-order valence-electron chi connectivity index (χ0n) is 20.6. The van der Waals surface area contributed by atoms with E-state index in [-0.39, 0.29) is 29.9 Å². The Morgan fingerprint density at radius 2 is 1.89 bits per heavy atom. The molecule has 184 valence electrons. The zero-order chi connectivity index (χ0) is 24.7. The van der Waals surface area contributed by atoms with Gasteiger partial charge in [-0.15, -0.1) is 0 Å². The highest BCUT2D eigenvalue weighted by atomic mass is 16.5. The molecule has 1 aliphatic heterocycles. The highest BCUT2D eigenvalue weighted by molar-refractivity contribution is 5.95. The molecule has 2 aromatic carbocycles. The molecule has 35 heavy (non-hydrogen) atoms. The molecule has 1 aliphatic carbocycles. The van der Waals surface area contributed by atoms with E-state index < -0.39 is 6.10 Å². The van der Waals surface area contributed by atoms with Gasteiger partial charge in [0.1, 0.15) is 17.7 Å². The van der Waals surface area contributed by atoms with Gasteiger partial charge in [-0.1, -0.05) is 36.8 Å². The number of aryl methyl sites for hydroxylation is 1. The fourth-order valence-electron chi connectivity index (χ4n) is 5.92. The number of carbonyl (C=O) groups excluding carboxylic acids is 2. The summed E-state index contributed by atoms with van der Waals surface area (Å²) in [5.74, 6) is 0.850. The minimum Gasteiger partial charge on any atom is -0.452 e. The lowest BCUT2D eigenvalue weighted by molar-refractivity contribution is -0.122. The first-order valence-corrected chi connectivity index (χ1v) is 12.5. The van der Waals surface area contributed by atoms with E-state index in [1.807, 2.05) is 49.4 Å². The quantitative estimate of drug-likeness (QED) is 0.550. The summed E-state index contributed by atoms with van der Waals surface area (Å²) in [7, 11) is 1.40. The molecule has 0 radical (unpaired) electrons. The molecule has 0 unspecified atom stereocenters. The molecule has 7 nitrogen and oxygen atoms in total. The first-order valence-electron chi connectivity index (χ1n) is 12.5. The number of ether oxygens (including phenoxy) is 1. The van der Waals surface area contributed by atoms with E-state index in [1.54, 1.807) is 11.8 Å². The van der Waals surface area contributed by atoms with Crippen molar-refractivity contribution in [3.63, 3.8) is 0 Å². The predicted molar refractivity (Wildman–Crippen MR) is 135 cm³/mol. The second-order valence-corrected chi connectivity index (χ2v) is 9.94. The van der Waals surface area contributed by atoms with Crippen molar-refractivity contribution in [3.8, 4) is 0 Å². The van der Waals surface area contributed by atoms with Crippen LogP contribution in [0.5, 0.6) is 0 Å². The average Bonchev–Trinajstić information content (AvgIpc) is 3.28. The van der Waals surface area contributed by atoms with Crippen LogP contribution < -0.4 is 4.90 Å². The molecule has 1 fully saturated rings. The predicted octanol–water partition coefficient (Wildman–Crippen LogP) is 5.35. The molecule has 1 saturated carbocycles. The maximum atomic E-state index is 12.6. The lowest BCUT2D eigenvalue weighted by Crippen LogP contribution is -2.42. The van der Waals surface area contributed by atoms with Crippen LogP contribution in [0.4, 0.5) is 10.5 Å². The van der Waals surface area contributed by atoms with E-state index in [4.69, 9.17) is 9.72 Å². The lowest BCUT2D eigenvalue weighted by Gasteiger charge is -2.34. The van der Waals surface area contributed by atoms with Crippen molar-refractivity contribution in [2.45, 2.75) is 70.6 Å². The van der Waals surface area contributed by atoms with Crippen LogP contribution in [0, 0.1) is 5.92 Å². The highest BCUT2D eigenvalue weighted by Crippen LogP contribution is 2.42. The number of hydrogen-bond acceptors (Lipinski definition) is 5. The van der Waals surface area contributed by atoms with Crippen LogP contribution >= 0.6 is 0 Å². The second kappa shape index (κ2) is 9.46. The van der Waals surface area contributed by atoms with Gasteiger partial charge in [0.2, 0.25) is 0 Å². The Hall–Kier alpha value is -3.19. The topological polar surface area (TPSA) is 84.7 Å². The summed E-state index contributed by atoms with van der Waals surface area (Å²) >= 11 is 0. The first kappa shape index (κ1) is 23.5. The van der Waals surface area contributed by atoms with Crippen molar-refractivity contribution in [1.82, 2.24) is 9.55 Å². The summed E-state index contributed by atoms with van der Waals surface area (Å²) in [4.78, 5) is 31.6. The lowest BCUT2D eigenvalue weighted by atomic mass is 9.83. The summed E-state index contributed by atoms with van der Waals surface area (Å²) in [5.41, 5.74) is 4.37. The molecule has 0 spiro atoms. The van der Waals surface area contributed by atoms with E-state index in [2.05, 4.69) is 4.57 Å². The Kier molecular flexibility index (Phi) is 6.36. The minimum absolute atomic E-state index is 0.0264. The van der Waals surface area contributed by atoms with E-state index in [0.29, 0.717) is 5.82 Å². The van der Waals surface area contributed by atoms with E-state index in [9.17, 15) is 14.7 Å². The molecule has 2 aliphatic rings. The normalized spacial score (nSPS) is 23.1. The van der Waals surface area contributed by atoms with Crippen LogP contribution in [0.1, 0.15) is 75.0 Å². The fourth-order valence-corrected chi connectivity index (χ4v) is 5.92. The molecule has 7 heteroatoms. The van der Waals surface area contributed by atoms with Crippen molar-refractivity contribution in [1.29, 1.82) is 0 Å². The number of hydrogen-bond donors (Lipinski definition) is 1. The molecule has 3 aromatic rings. The molecule has 0 saturated heterocycles. The van der Waals surface area contributed by atoms with Gasteiger partial charge in [-0.2, -0.15) is 0 Å². The molecule has 1 N–H and O–H groups in total. The van der Waals surface area contributed by atoms with E-state index in [1.165, 1.54) is 7.11 Å². The van der Waals surface area contributed by atoms with Crippen LogP contribution in [0.15, 0.2) is 42.5 Å². The first-order chi connectivity index (χ1) is 16.9. The van der Waals surface area contributed by atoms with Gasteiger partial charge in [0.05, 0.1) is 23.8 Å². The standard InChI is InChI=1S/C28H33N3O4/c1-17-12-13-22-23(30(17)28(34)35-3)14-15-24-25(22)29-27(26(33)19-8-5-4-6-9-19)31(24)21-11-7-10-20(16-21)18(2)32/h4-6,8-9,14-15,17,20-21,26,33H,7,10-13,16H2,1-3H3/t17-,20-,21-,26+/m0/s1. The number of nitrogens with zero attached hydrogens (tertiary/aromatic N) is 3. The van der Waals surface area contributed by atoms with Crippen LogP contribution in [-0.2, 0) is 16.0 Å². The monoisotopic (exact) mass is 475 g/mol. The third-order valence-corrected chi connectivity index (χ3v) is 7.80. The number of fused-ring (bicyclic) bond motifs is 3. The van der Waals surface area contributed by atoms with Crippen LogP contribution in [-0.4, -0.2) is 39.7 Å². The third-order valence-electron chi connectivity index (χ3n) is 7.80. The van der Waals surface area contributed by atoms with Gasteiger partial charge in [-0.3, -0.25) is 9.69 Å². The number of imidazole rings is 1. The Labute approximate surface area is 205 Å². The third kappa shape index (κ3) is 4.12. The summed E-state index contributed by atoms with van der Waals surface area (Å²) in [6, 6.07) is 13.7. The van der Waals surface area contributed by atoms with E-state index in [0.717, 1.165) is 66.4 Å². The zero-order valence-corrected chi connectivity index (χ0v) is 20.6. The number of aliphatic hydroxyl groups excluding tert-OH is 1. The van der Waals surface area contributed by atoms with Crippen molar-refractivity contribution in [3.05, 3.63) is 59.4 Å². The Morgan fingerprint density at radius 3 is 2.60 bits per heavy atom. The van der Waals surface area contributed by atoms with E-state index >= 15 is 0 Å². The minimum atomic E-state index is -0.892. The molecular weight excluding hydrogens is 442 g/mol. The molecule has 1 aromatic heterocycles. The smallest absolute Gasteiger partial charge is 0.414 e. The van der Waals surface area contributed by atoms with Crippen LogP contribution in [0.25, 0.3) is 11.0 Å². The second-order valence-electron chi connectivity index (χ2n) is 9.94. The number of methoxy groups -OCH3 is 1. The maximum Gasteiger partial charge on any atom is 0.414 e. The molecular formula is C28H33N3O4. The van der Waals surface area contributed by atoms with Gasteiger partial charge in [0.25, 0.3) is 0 Å². The molecule has 1 amide bonds. The number of aliphatic hydroxyl groups is 1. The van der Waals surface area contributed by atoms with Gasteiger partial charge in [0.15, 0.2) is 0 Å². The number of anilines is 1. The maximum absolute atomic E-state index is 12.6. The summed E-state index contributed by atoms with van der Waals surface area (Å²) < 4.78 is 7.24.